The predicted octanol–water partition coefficient (Wildman–Crippen LogP) is 5.52. The number of benzene rings is 1. The van der Waals surface area contributed by atoms with Crippen LogP contribution in [-0.2, 0) is 38.2 Å². The number of Topliss-reactive ketones (excluding diaryl/α,β-unsaturated/α-hetero) is 1. The lowest BCUT2D eigenvalue weighted by molar-refractivity contribution is -0.212. The molecular formula is C37H57NO9S. The molecule has 0 amide bonds. The Labute approximate surface area is 287 Å². The normalized spacial score (nSPS) is 33.8. The van der Waals surface area contributed by atoms with Crippen molar-refractivity contribution >= 4 is 27.8 Å². The van der Waals surface area contributed by atoms with Gasteiger partial charge in [0.1, 0.15) is 17.5 Å². The lowest BCUT2D eigenvalue weighted by Crippen LogP contribution is -2.64. The van der Waals surface area contributed by atoms with Gasteiger partial charge in [0.15, 0.2) is 6.61 Å². The minimum absolute atomic E-state index is 0.0418. The molecule has 2 bridgehead atoms. The number of rotatable bonds is 12. The molecule has 11 heteroatoms. The summed E-state index contributed by atoms with van der Waals surface area (Å²) >= 11 is 0. The van der Waals surface area contributed by atoms with E-state index in [9.17, 15) is 27.9 Å². The van der Waals surface area contributed by atoms with Gasteiger partial charge in [-0.05, 0) is 102 Å². The van der Waals surface area contributed by atoms with Gasteiger partial charge in [-0.3, -0.25) is 13.8 Å². The molecule has 3 aliphatic rings. The van der Waals surface area contributed by atoms with E-state index in [-0.39, 0.29) is 34.9 Å². The third kappa shape index (κ3) is 8.00. The largest absolute Gasteiger partial charge is 0.460 e. The van der Waals surface area contributed by atoms with Crippen molar-refractivity contribution in [3.8, 4) is 0 Å². The highest BCUT2D eigenvalue weighted by molar-refractivity contribution is 7.86. The van der Waals surface area contributed by atoms with Gasteiger partial charge in [-0.25, -0.2) is 4.79 Å². The Morgan fingerprint density at radius 1 is 1.04 bits per heavy atom. The highest BCUT2D eigenvalue weighted by Crippen LogP contribution is 2.67. The molecule has 270 valence electrons. The average molecular weight is 692 g/mol. The van der Waals surface area contributed by atoms with Gasteiger partial charge < -0.3 is 19.9 Å². The SMILES string of the molecule is Cc1ccc(S(=O)(=O)OCC(=O)O[C@@H]2C[C@](C)(CNCCCCC(=O)OC(C)(C)C)[C@@H](O)[C@H](C)[C@]34CCC(=O)[C@H]3[C@@]2(C)[C@H](C)CC4)cc1. The summed E-state index contributed by atoms with van der Waals surface area (Å²) in [6, 6.07) is 6.17. The molecule has 0 aromatic heterocycles. The molecule has 0 unspecified atom stereocenters. The number of aliphatic hydroxyl groups excluding tert-OH is 1. The first-order valence-corrected chi connectivity index (χ1v) is 18.9. The van der Waals surface area contributed by atoms with E-state index in [1.807, 2.05) is 34.6 Å². The molecule has 1 aromatic rings. The Kier molecular flexibility index (Phi) is 11.6. The quantitative estimate of drug-likeness (QED) is 0.163. The summed E-state index contributed by atoms with van der Waals surface area (Å²) < 4.78 is 42.5. The predicted molar refractivity (Wildman–Crippen MR) is 181 cm³/mol. The molecule has 3 aliphatic carbocycles. The number of unbranched alkanes of at least 4 members (excludes halogenated alkanes) is 1. The Hall–Kier alpha value is -2.34. The molecule has 0 radical (unpaired) electrons. The van der Waals surface area contributed by atoms with Crippen molar-refractivity contribution in [1.82, 2.24) is 5.32 Å². The Morgan fingerprint density at radius 2 is 1.71 bits per heavy atom. The summed E-state index contributed by atoms with van der Waals surface area (Å²) in [4.78, 5) is 39.3. The van der Waals surface area contributed by atoms with Crippen LogP contribution < -0.4 is 5.32 Å². The lowest BCUT2D eigenvalue weighted by atomic mass is 9.44. The van der Waals surface area contributed by atoms with Crippen LogP contribution in [-0.4, -0.2) is 68.8 Å². The molecule has 1 aromatic carbocycles. The average Bonchev–Trinajstić information content (AvgIpc) is 3.35. The topological polar surface area (TPSA) is 145 Å². The second-order valence-electron chi connectivity index (χ2n) is 16.3. The fraction of sp³-hybridized carbons (Fsp3) is 0.757. The maximum atomic E-state index is 13.7. The maximum absolute atomic E-state index is 13.7. The highest BCUT2D eigenvalue weighted by atomic mass is 32.2. The van der Waals surface area contributed by atoms with E-state index in [2.05, 4.69) is 26.1 Å². The number of carbonyl (C=O) groups excluding carboxylic acids is 3. The lowest BCUT2D eigenvalue weighted by Gasteiger charge is -2.62. The van der Waals surface area contributed by atoms with Gasteiger partial charge in [-0.15, -0.1) is 0 Å². The number of aliphatic hydroxyl groups is 1. The minimum Gasteiger partial charge on any atom is -0.460 e. The zero-order valence-corrected chi connectivity index (χ0v) is 30.9. The molecule has 8 atom stereocenters. The van der Waals surface area contributed by atoms with Gasteiger partial charge in [-0.1, -0.05) is 45.4 Å². The third-order valence-electron chi connectivity index (χ3n) is 11.7. The van der Waals surface area contributed by atoms with Crippen molar-refractivity contribution < 1.29 is 41.6 Å². The zero-order chi connectivity index (χ0) is 35.7. The summed E-state index contributed by atoms with van der Waals surface area (Å²) in [7, 11) is -4.20. The maximum Gasteiger partial charge on any atom is 0.333 e. The second-order valence-corrected chi connectivity index (χ2v) is 17.9. The molecule has 0 heterocycles. The summed E-state index contributed by atoms with van der Waals surface area (Å²) in [5.41, 5.74) is -1.53. The standard InChI is InChI=1S/C37H57NO9S/c1-24-12-14-27(15-13-24)48(43,44)45-22-31(41)46-29-21-35(7,23-38-20-10-9-11-30(40)47-34(4,5)6)33(42)26(3)37-18-16-25(2)36(29,8)32(37)28(39)17-19-37/h12-15,25-26,29,32-33,38,42H,9-11,16-23H2,1-8H3/t25-,26+,29-,32+,33+,35-,36+,37+/m1/s1. The first-order chi connectivity index (χ1) is 22.2. The fourth-order valence-corrected chi connectivity index (χ4v) is 9.76. The van der Waals surface area contributed by atoms with E-state index in [0.29, 0.717) is 38.8 Å². The number of ether oxygens (including phenoxy) is 2. The Bertz CT molecular complexity index is 1440. The van der Waals surface area contributed by atoms with Gasteiger partial charge >= 0.3 is 11.9 Å². The van der Waals surface area contributed by atoms with Crippen LogP contribution in [0.2, 0.25) is 0 Å². The summed E-state index contributed by atoms with van der Waals surface area (Å²) in [6.07, 6.45) is 3.19. The van der Waals surface area contributed by atoms with Crippen molar-refractivity contribution in [1.29, 1.82) is 0 Å². The first-order valence-electron chi connectivity index (χ1n) is 17.5. The van der Waals surface area contributed by atoms with Crippen LogP contribution in [0.25, 0.3) is 0 Å². The van der Waals surface area contributed by atoms with Gasteiger partial charge in [-0.2, -0.15) is 8.42 Å². The number of hydrogen-bond donors (Lipinski definition) is 2. The number of ketones is 1. The molecule has 3 fully saturated rings. The van der Waals surface area contributed by atoms with Crippen molar-refractivity contribution in [3.05, 3.63) is 29.8 Å². The number of aryl methyl sites for hydroxylation is 1. The summed E-state index contributed by atoms with van der Waals surface area (Å²) in [5.74, 6) is -1.42. The molecule has 0 spiro atoms. The second kappa shape index (κ2) is 14.5. The van der Waals surface area contributed by atoms with Crippen LogP contribution >= 0.6 is 0 Å². The van der Waals surface area contributed by atoms with Gasteiger partial charge in [0.05, 0.1) is 11.0 Å². The molecule has 10 nitrogen and oxygen atoms in total. The van der Waals surface area contributed by atoms with Crippen LogP contribution in [0, 0.1) is 40.9 Å². The van der Waals surface area contributed by atoms with Crippen LogP contribution in [0.1, 0.15) is 105 Å². The monoisotopic (exact) mass is 691 g/mol. The first kappa shape index (κ1) is 38.5. The molecule has 48 heavy (non-hydrogen) atoms. The van der Waals surface area contributed by atoms with Gasteiger partial charge in [0.25, 0.3) is 10.1 Å². The van der Waals surface area contributed by atoms with Gasteiger partial charge in [0.2, 0.25) is 0 Å². The zero-order valence-electron chi connectivity index (χ0n) is 30.1. The smallest absolute Gasteiger partial charge is 0.333 e. The fourth-order valence-electron chi connectivity index (χ4n) is 8.91. The minimum atomic E-state index is -4.20. The van der Waals surface area contributed by atoms with Gasteiger partial charge in [0, 0.05) is 36.1 Å². The van der Waals surface area contributed by atoms with E-state index in [1.54, 1.807) is 12.1 Å². The van der Waals surface area contributed by atoms with Crippen LogP contribution in [0.5, 0.6) is 0 Å². The number of carbonyl (C=O) groups is 3. The summed E-state index contributed by atoms with van der Waals surface area (Å²) in [5, 5.41) is 15.6. The number of hydrogen-bond acceptors (Lipinski definition) is 10. The van der Waals surface area contributed by atoms with Crippen molar-refractivity contribution in [3.63, 3.8) is 0 Å². The third-order valence-corrected chi connectivity index (χ3v) is 13.0. The molecular weight excluding hydrogens is 634 g/mol. The van der Waals surface area contributed by atoms with Crippen LogP contribution in [0.4, 0.5) is 0 Å². The van der Waals surface area contributed by atoms with Crippen molar-refractivity contribution in [2.45, 2.75) is 129 Å². The molecule has 0 saturated heterocycles. The van der Waals surface area contributed by atoms with E-state index in [4.69, 9.17) is 13.7 Å². The van der Waals surface area contributed by atoms with Crippen LogP contribution in [0.15, 0.2) is 29.2 Å². The van der Waals surface area contributed by atoms with E-state index < -0.39 is 62.7 Å². The van der Waals surface area contributed by atoms with Crippen molar-refractivity contribution in [2.75, 3.05) is 19.7 Å². The van der Waals surface area contributed by atoms with E-state index >= 15 is 0 Å². The molecule has 0 aliphatic heterocycles. The number of esters is 2. The Balaban J connectivity index is 1.54. The van der Waals surface area contributed by atoms with E-state index in [1.165, 1.54) is 12.1 Å². The number of nitrogens with one attached hydrogen (secondary N) is 1. The molecule has 2 N–H and O–H groups in total. The molecule has 3 saturated carbocycles. The molecule has 4 rings (SSSR count). The van der Waals surface area contributed by atoms with Crippen LogP contribution in [0.3, 0.4) is 0 Å². The van der Waals surface area contributed by atoms with Crippen molar-refractivity contribution in [2.24, 2.45) is 34.0 Å². The highest BCUT2D eigenvalue weighted by Gasteiger charge is 2.68. The Morgan fingerprint density at radius 3 is 2.35 bits per heavy atom. The van der Waals surface area contributed by atoms with E-state index in [0.717, 1.165) is 24.8 Å². The summed E-state index contributed by atoms with van der Waals surface area (Å²) in [6.45, 7) is 15.9.